The fourth-order valence-corrected chi connectivity index (χ4v) is 5.84. The molecule has 2 saturated heterocycles. The quantitative estimate of drug-likeness (QED) is 0.721. The molecule has 2 fully saturated rings. The molecule has 30 heavy (non-hydrogen) atoms. The third kappa shape index (κ3) is 3.81. The maximum absolute atomic E-state index is 11.8. The number of piperidine rings is 1. The molecule has 0 aliphatic carbocycles. The van der Waals surface area contributed by atoms with Crippen molar-refractivity contribution in [2.24, 2.45) is 0 Å². The van der Waals surface area contributed by atoms with Crippen LogP contribution in [0, 0.1) is 0 Å². The Bertz CT molecular complexity index is 1060. The number of ether oxygens (including phenoxy) is 1. The molecule has 2 N–H and O–H groups in total. The van der Waals surface area contributed by atoms with E-state index in [1.165, 1.54) is 11.9 Å². The van der Waals surface area contributed by atoms with Gasteiger partial charge in [-0.25, -0.2) is 18.4 Å². The molecule has 10 heteroatoms. The molecule has 0 radical (unpaired) electrons. The van der Waals surface area contributed by atoms with Crippen molar-refractivity contribution in [3.8, 4) is 5.75 Å². The molecule has 4 heterocycles. The molecular weight excluding hydrogens is 426 g/mol. The van der Waals surface area contributed by atoms with E-state index in [4.69, 9.17) is 16.3 Å². The van der Waals surface area contributed by atoms with Gasteiger partial charge in [-0.3, -0.25) is 0 Å². The Morgan fingerprint density at radius 2 is 1.90 bits per heavy atom. The van der Waals surface area contributed by atoms with Crippen LogP contribution in [0.5, 0.6) is 5.75 Å². The Balaban J connectivity index is 1.47. The highest BCUT2D eigenvalue weighted by Crippen LogP contribution is 2.43. The Kier molecular flexibility index (Phi) is 5.20. The molecule has 160 valence electrons. The lowest BCUT2D eigenvalue weighted by Crippen LogP contribution is -2.41. The number of halogens is 1. The maximum atomic E-state index is 11.8. The van der Waals surface area contributed by atoms with E-state index in [9.17, 15) is 8.42 Å². The molecule has 0 saturated carbocycles. The van der Waals surface area contributed by atoms with Crippen molar-refractivity contribution >= 4 is 38.8 Å². The van der Waals surface area contributed by atoms with Crippen molar-refractivity contribution in [3.05, 3.63) is 34.6 Å². The van der Waals surface area contributed by atoms with Crippen molar-refractivity contribution in [2.45, 2.75) is 25.4 Å². The van der Waals surface area contributed by atoms with Crippen molar-refractivity contribution in [2.75, 3.05) is 47.9 Å². The predicted octanol–water partition coefficient (Wildman–Crippen LogP) is 2.47. The smallest absolute Gasteiger partial charge is 0.161 e. The number of anilines is 3. The summed E-state index contributed by atoms with van der Waals surface area (Å²) >= 11 is 6.61. The summed E-state index contributed by atoms with van der Waals surface area (Å²) in [5.74, 6) is 2.72. The Morgan fingerprint density at radius 3 is 2.67 bits per heavy atom. The zero-order valence-corrected chi connectivity index (χ0v) is 18.1. The Morgan fingerprint density at radius 1 is 1.13 bits per heavy atom. The van der Waals surface area contributed by atoms with Crippen molar-refractivity contribution < 1.29 is 13.2 Å². The molecule has 0 amide bonds. The third-order valence-corrected chi connectivity index (χ3v) is 7.95. The molecular formula is C20H24ClN5O3S. The van der Waals surface area contributed by atoms with E-state index in [1.807, 2.05) is 11.0 Å². The average molecular weight is 450 g/mol. The second kappa shape index (κ2) is 7.86. The fourth-order valence-electron chi connectivity index (χ4n) is 4.36. The molecule has 0 atom stereocenters. The van der Waals surface area contributed by atoms with Crippen LogP contribution in [0.3, 0.4) is 0 Å². The largest absolute Gasteiger partial charge is 0.485 e. The number of fused-ring (bicyclic) bond motifs is 2. The van der Waals surface area contributed by atoms with Crippen LogP contribution in [0.2, 0.25) is 5.02 Å². The van der Waals surface area contributed by atoms with Gasteiger partial charge >= 0.3 is 0 Å². The molecule has 2 aromatic rings. The molecule has 5 rings (SSSR count). The summed E-state index contributed by atoms with van der Waals surface area (Å²) in [6, 6.07) is 4.12. The number of hydrogen-bond acceptors (Lipinski definition) is 8. The second-order valence-electron chi connectivity index (χ2n) is 7.98. The molecule has 1 aromatic heterocycles. The van der Waals surface area contributed by atoms with Gasteiger partial charge in [0.2, 0.25) is 0 Å². The van der Waals surface area contributed by atoms with Gasteiger partial charge in [0, 0.05) is 13.1 Å². The summed E-state index contributed by atoms with van der Waals surface area (Å²) in [5, 5.41) is 7.38. The van der Waals surface area contributed by atoms with Crippen LogP contribution in [-0.2, 0) is 16.4 Å². The van der Waals surface area contributed by atoms with Crippen LogP contribution in [0.25, 0.3) is 0 Å². The first-order chi connectivity index (χ1) is 14.5. The topological polar surface area (TPSA) is 96.5 Å². The first-order valence-electron chi connectivity index (χ1n) is 10.2. The summed E-state index contributed by atoms with van der Waals surface area (Å²) in [7, 11) is -2.97. The SMILES string of the molecule is O=S1(=O)CCN(c2ncnc3c2COc2c(Cl)cc(C4CCNCC4)cc2N3)CC1. The van der Waals surface area contributed by atoms with Crippen LogP contribution in [-0.4, -0.2) is 56.1 Å². The fraction of sp³-hybridized carbons (Fsp3) is 0.500. The summed E-state index contributed by atoms with van der Waals surface area (Å²) < 4.78 is 29.7. The lowest BCUT2D eigenvalue weighted by molar-refractivity contribution is 0.310. The van der Waals surface area contributed by atoms with Crippen LogP contribution in [0.4, 0.5) is 17.3 Å². The van der Waals surface area contributed by atoms with E-state index in [0.717, 1.165) is 37.2 Å². The van der Waals surface area contributed by atoms with Gasteiger partial charge in [0.25, 0.3) is 0 Å². The maximum Gasteiger partial charge on any atom is 0.161 e. The molecule has 1 aromatic carbocycles. The molecule has 3 aliphatic heterocycles. The first kappa shape index (κ1) is 19.8. The zero-order valence-electron chi connectivity index (χ0n) is 16.5. The molecule has 0 bridgehead atoms. The van der Waals surface area contributed by atoms with Gasteiger partial charge in [-0.1, -0.05) is 11.6 Å². The van der Waals surface area contributed by atoms with Crippen LogP contribution >= 0.6 is 11.6 Å². The van der Waals surface area contributed by atoms with E-state index in [1.54, 1.807) is 0 Å². The van der Waals surface area contributed by atoms with Crippen molar-refractivity contribution in [3.63, 3.8) is 0 Å². The predicted molar refractivity (Wildman–Crippen MR) is 117 cm³/mol. The van der Waals surface area contributed by atoms with E-state index in [2.05, 4.69) is 26.7 Å². The number of aromatic nitrogens is 2. The van der Waals surface area contributed by atoms with Crippen LogP contribution < -0.4 is 20.3 Å². The number of benzene rings is 1. The van der Waals surface area contributed by atoms with E-state index < -0.39 is 9.84 Å². The highest BCUT2D eigenvalue weighted by Gasteiger charge is 2.28. The molecule has 8 nitrogen and oxygen atoms in total. The van der Waals surface area contributed by atoms with Gasteiger partial charge in [-0.05, 0) is 49.5 Å². The summed E-state index contributed by atoms with van der Waals surface area (Å²) in [6.07, 6.45) is 3.67. The highest BCUT2D eigenvalue weighted by molar-refractivity contribution is 7.91. The van der Waals surface area contributed by atoms with Gasteiger partial charge in [-0.2, -0.15) is 0 Å². The van der Waals surface area contributed by atoms with Gasteiger partial charge in [0.05, 0.1) is 27.8 Å². The van der Waals surface area contributed by atoms with Crippen LogP contribution in [0.15, 0.2) is 18.5 Å². The number of rotatable bonds is 2. The van der Waals surface area contributed by atoms with E-state index in [-0.39, 0.29) is 18.1 Å². The second-order valence-corrected chi connectivity index (χ2v) is 10.7. The minimum Gasteiger partial charge on any atom is -0.485 e. The minimum absolute atomic E-state index is 0.131. The highest BCUT2D eigenvalue weighted by atomic mass is 35.5. The molecule has 0 spiro atoms. The normalized spacial score (nSPS) is 21.0. The first-order valence-corrected chi connectivity index (χ1v) is 12.4. The minimum atomic E-state index is -2.97. The lowest BCUT2D eigenvalue weighted by Gasteiger charge is -2.29. The summed E-state index contributed by atoms with van der Waals surface area (Å²) in [6.45, 7) is 3.11. The number of nitrogens with one attached hydrogen (secondary N) is 2. The van der Waals surface area contributed by atoms with E-state index in [0.29, 0.717) is 41.4 Å². The summed E-state index contributed by atoms with van der Waals surface area (Å²) in [4.78, 5) is 10.9. The lowest BCUT2D eigenvalue weighted by atomic mass is 9.90. The van der Waals surface area contributed by atoms with Crippen molar-refractivity contribution in [1.29, 1.82) is 0 Å². The van der Waals surface area contributed by atoms with E-state index >= 15 is 0 Å². The molecule has 0 unspecified atom stereocenters. The van der Waals surface area contributed by atoms with Gasteiger partial charge in [0.15, 0.2) is 15.6 Å². The Labute approximate surface area is 180 Å². The zero-order chi connectivity index (χ0) is 20.7. The summed E-state index contributed by atoms with van der Waals surface area (Å²) in [5.41, 5.74) is 2.82. The average Bonchev–Trinajstić information content (AvgIpc) is 2.94. The number of nitrogens with zero attached hydrogens (tertiary/aromatic N) is 3. The molecule has 3 aliphatic rings. The monoisotopic (exact) mass is 449 g/mol. The Hall–Kier alpha value is -2.10. The number of sulfone groups is 1. The van der Waals surface area contributed by atoms with Gasteiger partial charge in [-0.15, -0.1) is 0 Å². The van der Waals surface area contributed by atoms with Gasteiger partial charge < -0.3 is 20.3 Å². The third-order valence-electron chi connectivity index (χ3n) is 6.06. The van der Waals surface area contributed by atoms with Gasteiger partial charge in [0.1, 0.15) is 24.6 Å². The number of hydrogen-bond donors (Lipinski definition) is 2. The standard InChI is InChI=1S/C20H24ClN5O3S/c21-16-9-14(13-1-3-22-4-2-13)10-17-18(16)29-11-15-19(25-17)23-12-24-20(15)26-5-7-30(27,28)8-6-26/h9-10,12-13,22H,1-8,11H2,(H,23,24,25). The van der Waals surface area contributed by atoms with Crippen LogP contribution in [0.1, 0.15) is 29.9 Å². The van der Waals surface area contributed by atoms with Crippen molar-refractivity contribution in [1.82, 2.24) is 15.3 Å².